The summed E-state index contributed by atoms with van der Waals surface area (Å²) in [7, 11) is 0. The van der Waals surface area contributed by atoms with Crippen LogP contribution in [-0.2, 0) is 0 Å². The van der Waals surface area contributed by atoms with Crippen molar-refractivity contribution in [1.29, 1.82) is 0 Å². The van der Waals surface area contributed by atoms with Crippen molar-refractivity contribution >= 4 is 22.8 Å². The largest absolute Gasteiger partial charge is 0.366 e. The summed E-state index contributed by atoms with van der Waals surface area (Å²) in [5, 5.41) is 0. The van der Waals surface area contributed by atoms with Crippen molar-refractivity contribution in [2.75, 3.05) is 0 Å². The van der Waals surface area contributed by atoms with E-state index in [1.807, 2.05) is 0 Å². The second kappa shape index (κ2) is 4.41. The zero-order chi connectivity index (χ0) is 9.14. The van der Waals surface area contributed by atoms with E-state index in [0.717, 1.165) is 0 Å². The van der Waals surface area contributed by atoms with Gasteiger partial charge in [0.1, 0.15) is 0 Å². The molecule has 1 rings (SSSR count). The lowest BCUT2D eigenvalue weighted by Gasteiger charge is -1.96. The summed E-state index contributed by atoms with van der Waals surface area (Å²) in [4.78, 5) is 21.2. The Bertz CT molecular complexity index is 288. The van der Waals surface area contributed by atoms with Gasteiger partial charge in [-0.2, -0.15) is 0 Å². The summed E-state index contributed by atoms with van der Waals surface area (Å²) in [5.74, 6) is -1.04. The SMILES string of the molecule is NC(=O)c1ccc(C(N)=O)cc1.[SiH4]. The van der Waals surface area contributed by atoms with Crippen LogP contribution in [0.2, 0.25) is 0 Å². The Labute approximate surface area is 79.9 Å². The third-order valence-electron chi connectivity index (χ3n) is 1.45. The van der Waals surface area contributed by atoms with E-state index in [0.29, 0.717) is 11.1 Å². The van der Waals surface area contributed by atoms with Gasteiger partial charge in [-0.3, -0.25) is 9.59 Å². The first-order valence-electron chi connectivity index (χ1n) is 3.31. The highest BCUT2D eigenvalue weighted by Gasteiger charge is 2.02. The third kappa shape index (κ3) is 2.71. The van der Waals surface area contributed by atoms with Gasteiger partial charge in [-0.1, -0.05) is 0 Å². The molecule has 70 valence electrons. The molecule has 0 heterocycles. The molecule has 2 amide bonds. The molecule has 0 atom stereocenters. The maximum Gasteiger partial charge on any atom is 0.248 e. The average molecular weight is 196 g/mol. The normalized spacial score (nSPS) is 8.62. The highest BCUT2D eigenvalue weighted by Crippen LogP contribution is 2.02. The molecule has 4 nitrogen and oxygen atoms in total. The Hall–Kier alpha value is -1.62. The first kappa shape index (κ1) is 11.4. The van der Waals surface area contributed by atoms with Crippen molar-refractivity contribution < 1.29 is 9.59 Å². The van der Waals surface area contributed by atoms with Gasteiger partial charge in [-0.25, -0.2) is 0 Å². The molecule has 13 heavy (non-hydrogen) atoms. The monoisotopic (exact) mass is 196 g/mol. The molecule has 0 aliphatic carbocycles. The number of hydrogen-bond acceptors (Lipinski definition) is 2. The molecule has 0 saturated carbocycles. The maximum atomic E-state index is 10.6. The second-order valence-corrected chi connectivity index (χ2v) is 2.31. The minimum Gasteiger partial charge on any atom is -0.366 e. The summed E-state index contributed by atoms with van der Waals surface area (Å²) >= 11 is 0. The molecule has 0 unspecified atom stereocenters. The molecule has 0 spiro atoms. The van der Waals surface area contributed by atoms with Crippen LogP contribution >= 0.6 is 0 Å². The van der Waals surface area contributed by atoms with E-state index in [1.165, 1.54) is 24.3 Å². The van der Waals surface area contributed by atoms with E-state index < -0.39 is 11.8 Å². The number of rotatable bonds is 2. The second-order valence-electron chi connectivity index (χ2n) is 2.31. The Morgan fingerprint density at radius 2 is 1.08 bits per heavy atom. The van der Waals surface area contributed by atoms with Crippen LogP contribution in [0.1, 0.15) is 20.7 Å². The van der Waals surface area contributed by atoms with Crippen LogP contribution in [0.25, 0.3) is 0 Å². The van der Waals surface area contributed by atoms with Gasteiger partial charge in [0.05, 0.1) is 0 Å². The molecule has 0 aliphatic rings. The van der Waals surface area contributed by atoms with E-state index in [1.54, 1.807) is 0 Å². The Balaban J connectivity index is 0.00000144. The predicted octanol–water partition coefficient (Wildman–Crippen LogP) is -1.57. The van der Waals surface area contributed by atoms with Crippen molar-refractivity contribution in [2.24, 2.45) is 11.5 Å². The topological polar surface area (TPSA) is 86.2 Å². The van der Waals surface area contributed by atoms with Crippen molar-refractivity contribution in [3.05, 3.63) is 35.4 Å². The summed E-state index contributed by atoms with van der Waals surface area (Å²) in [6.45, 7) is 0. The van der Waals surface area contributed by atoms with Crippen molar-refractivity contribution in [1.82, 2.24) is 0 Å². The van der Waals surface area contributed by atoms with Crippen LogP contribution in [0.5, 0.6) is 0 Å². The molecule has 4 N–H and O–H groups in total. The van der Waals surface area contributed by atoms with Gasteiger partial charge < -0.3 is 11.5 Å². The molecule has 5 heteroatoms. The predicted molar refractivity (Wildman–Crippen MR) is 54.8 cm³/mol. The van der Waals surface area contributed by atoms with Crippen LogP contribution in [0.15, 0.2) is 24.3 Å². The number of benzene rings is 1. The highest BCUT2D eigenvalue weighted by molar-refractivity contribution is 5.96. The number of amides is 2. The molecule has 1 aromatic rings. The average Bonchev–Trinajstić information content (AvgIpc) is 2.04. The molecule has 0 radical (unpaired) electrons. The fourth-order valence-electron chi connectivity index (χ4n) is 0.799. The Morgan fingerprint density at radius 1 is 0.846 bits per heavy atom. The van der Waals surface area contributed by atoms with Gasteiger partial charge in [-0.05, 0) is 35.2 Å². The number of primary amides is 2. The van der Waals surface area contributed by atoms with Crippen LogP contribution in [0.3, 0.4) is 0 Å². The number of carbonyl (C=O) groups is 2. The minimum atomic E-state index is -0.522. The van der Waals surface area contributed by atoms with E-state index >= 15 is 0 Å². The maximum absolute atomic E-state index is 10.6. The quantitative estimate of drug-likeness (QED) is 0.560. The molecule has 0 bridgehead atoms. The van der Waals surface area contributed by atoms with Crippen molar-refractivity contribution in [2.45, 2.75) is 0 Å². The molecule has 0 fully saturated rings. The summed E-state index contributed by atoms with van der Waals surface area (Å²) in [5.41, 5.74) is 10.7. The summed E-state index contributed by atoms with van der Waals surface area (Å²) in [6.07, 6.45) is 0. The Morgan fingerprint density at radius 3 is 1.23 bits per heavy atom. The molecular formula is C8H12N2O2Si. The highest BCUT2D eigenvalue weighted by atomic mass is 28.1. The van der Waals surface area contributed by atoms with Crippen LogP contribution < -0.4 is 11.5 Å². The van der Waals surface area contributed by atoms with E-state index in [4.69, 9.17) is 11.5 Å². The van der Waals surface area contributed by atoms with Crippen molar-refractivity contribution in [3.63, 3.8) is 0 Å². The zero-order valence-corrected chi connectivity index (χ0v) is 6.28. The molecule has 0 aliphatic heterocycles. The van der Waals surface area contributed by atoms with Crippen LogP contribution in [0.4, 0.5) is 0 Å². The van der Waals surface area contributed by atoms with Gasteiger partial charge in [0.15, 0.2) is 0 Å². The fraction of sp³-hybridized carbons (Fsp3) is 0. The molecular weight excluding hydrogens is 184 g/mol. The first-order valence-corrected chi connectivity index (χ1v) is 3.31. The fourth-order valence-corrected chi connectivity index (χ4v) is 0.799. The molecule has 0 saturated heterocycles. The lowest BCUT2D eigenvalue weighted by atomic mass is 10.1. The molecule has 1 aromatic carbocycles. The first-order chi connectivity index (χ1) is 5.61. The van der Waals surface area contributed by atoms with E-state index in [2.05, 4.69) is 0 Å². The lowest BCUT2D eigenvalue weighted by Crippen LogP contribution is -2.13. The Kier molecular flexibility index (Phi) is 3.86. The van der Waals surface area contributed by atoms with Crippen molar-refractivity contribution in [3.8, 4) is 0 Å². The van der Waals surface area contributed by atoms with Crippen LogP contribution in [0, 0.1) is 0 Å². The van der Waals surface area contributed by atoms with Gasteiger partial charge in [0, 0.05) is 11.1 Å². The number of nitrogens with two attached hydrogens (primary N) is 2. The number of carbonyl (C=O) groups excluding carboxylic acids is 2. The zero-order valence-electron chi connectivity index (χ0n) is 6.28. The van der Waals surface area contributed by atoms with Gasteiger partial charge in [0.25, 0.3) is 0 Å². The smallest absolute Gasteiger partial charge is 0.248 e. The van der Waals surface area contributed by atoms with Gasteiger partial charge in [-0.15, -0.1) is 0 Å². The molecule has 0 aromatic heterocycles. The van der Waals surface area contributed by atoms with Crippen LogP contribution in [-0.4, -0.2) is 22.8 Å². The van der Waals surface area contributed by atoms with E-state index in [9.17, 15) is 9.59 Å². The van der Waals surface area contributed by atoms with E-state index in [-0.39, 0.29) is 11.0 Å². The van der Waals surface area contributed by atoms with Gasteiger partial charge >= 0.3 is 0 Å². The minimum absolute atomic E-state index is 0. The van der Waals surface area contributed by atoms with Gasteiger partial charge in [0.2, 0.25) is 11.8 Å². The number of hydrogen-bond donors (Lipinski definition) is 2. The third-order valence-corrected chi connectivity index (χ3v) is 1.45. The summed E-state index contributed by atoms with van der Waals surface area (Å²) in [6, 6.07) is 5.84. The summed E-state index contributed by atoms with van der Waals surface area (Å²) < 4.78 is 0. The lowest BCUT2D eigenvalue weighted by molar-refractivity contribution is 0.0988. The standard InChI is InChI=1S/C8H8N2O2.H4Si/c9-7(11)5-1-2-6(4-3-5)8(10)12;/h1-4H,(H2,9,11)(H2,10,12);1H4.